The standard InChI is InChI=1S/C16H14N2O3/c19-15(11-5-7-17-8-6-11)18-10-13-4-2-1-3-12(13)9-14(18)16(20)21/h1-8,14H,9-10H2,(H,20,21)/t14-/m1/s1. The van der Waals surface area contributed by atoms with E-state index in [1.54, 1.807) is 12.1 Å². The Bertz CT molecular complexity index is 685. The Morgan fingerprint density at radius 1 is 1.10 bits per heavy atom. The fraction of sp³-hybridized carbons (Fsp3) is 0.188. The number of carbonyl (C=O) groups is 2. The van der Waals surface area contributed by atoms with E-state index in [4.69, 9.17) is 0 Å². The number of rotatable bonds is 2. The molecule has 3 rings (SSSR count). The zero-order chi connectivity index (χ0) is 14.8. The van der Waals surface area contributed by atoms with E-state index >= 15 is 0 Å². The lowest BCUT2D eigenvalue weighted by Crippen LogP contribution is -2.48. The number of aliphatic carboxylic acids is 1. The Balaban J connectivity index is 1.96. The molecule has 0 saturated carbocycles. The first-order valence-corrected chi connectivity index (χ1v) is 6.67. The topological polar surface area (TPSA) is 70.5 Å². The average molecular weight is 282 g/mol. The Hall–Kier alpha value is -2.69. The first kappa shape index (κ1) is 13.3. The molecule has 1 amide bonds. The van der Waals surface area contributed by atoms with Gasteiger partial charge in [-0.25, -0.2) is 4.79 Å². The van der Waals surface area contributed by atoms with Gasteiger partial charge in [-0.2, -0.15) is 0 Å². The fourth-order valence-corrected chi connectivity index (χ4v) is 2.62. The maximum absolute atomic E-state index is 12.6. The number of carboxylic acids is 1. The number of carboxylic acid groups (broad SMARTS) is 1. The van der Waals surface area contributed by atoms with Gasteiger partial charge < -0.3 is 10.0 Å². The first-order chi connectivity index (χ1) is 10.2. The normalized spacial score (nSPS) is 17.1. The third-order valence-electron chi connectivity index (χ3n) is 3.72. The molecule has 1 aliphatic rings. The molecule has 0 bridgehead atoms. The van der Waals surface area contributed by atoms with E-state index in [1.165, 1.54) is 17.3 Å². The van der Waals surface area contributed by atoms with E-state index in [1.807, 2.05) is 24.3 Å². The van der Waals surface area contributed by atoms with Crippen LogP contribution in [0.5, 0.6) is 0 Å². The van der Waals surface area contributed by atoms with Crippen LogP contribution in [0.1, 0.15) is 21.5 Å². The second-order valence-electron chi connectivity index (χ2n) is 5.00. The summed E-state index contributed by atoms with van der Waals surface area (Å²) in [6.45, 7) is 0.314. The zero-order valence-electron chi connectivity index (χ0n) is 11.3. The van der Waals surface area contributed by atoms with Crippen LogP contribution in [-0.2, 0) is 17.8 Å². The van der Waals surface area contributed by atoms with Gasteiger partial charge >= 0.3 is 5.97 Å². The van der Waals surface area contributed by atoms with Crippen LogP contribution in [0.3, 0.4) is 0 Å². The highest BCUT2D eigenvalue weighted by atomic mass is 16.4. The summed E-state index contributed by atoms with van der Waals surface area (Å²) in [6.07, 6.45) is 3.39. The minimum atomic E-state index is -0.980. The number of benzene rings is 1. The zero-order valence-corrected chi connectivity index (χ0v) is 11.3. The van der Waals surface area contributed by atoms with Gasteiger partial charge in [-0.05, 0) is 23.3 Å². The summed E-state index contributed by atoms with van der Waals surface area (Å²) < 4.78 is 0. The van der Waals surface area contributed by atoms with E-state index < -0.39 is 12.0 Å². The van der Waals surface area contributed by atoms with Crippen LogP contribution in [0.25, 0.3) is 0 Å². The Kier molecular flexibility index (Phi) is 3.39. The van der Waals surface area contributed by atoms with Gasteiger partial charge in [0.2, 0.25) is 0 Å². The maximum atomic E-state index is 12.6. The van der Waals surface area contributed by atoms with Crippen LogP contribution < -0.4 is 0 Å². The van der Waals surface area contributed by atoms with Crippen LogP contribution in [0, 0.1) is 0 Å². The van der Waals surface area contributed by atoms with Crippen LogP contribution >= 0.6 is 0 Å². The second-order valence-corrected chi connectivity index (χ2v) is 5.00. The monoisotopic (exact) mass is 282 g/mol. The quantitative estimate of drug-likeness (QED) is 0.910. The first-order valence-electron chi connectivity index (χ1n) is 6.67. The molecule has 0 saturated heterocycles. The molecule has 0 radical (unpaired) electrons. The van der Waals surface area contributed by atoms with Crippen molar-refractivity contribution in [2.45, 2.75) is 19.0 Å². The molecule has 1 aromatic heterocycles. The molecular formula is C16H14N2O3. The highest BCUT2D eigenvalue weighted by Crippen LogP contribution is 2.25. The number of pyridine rings is 1. The SMILES string of the molecule is O=C(O)[C@H]1Cc2ccccc2CN1C(=O)c1ccncc1. The van der Waals surface area contributed by atoms with Crippen molar-refractivity contribution in [1.82, 2.24) is 9.88 Å². The summed E-state index contributed by atoms with van der Waals surface area (Å²) >= 11 is 0. The van der Waals surface area contributed by atoms with Gasteiger partial charge in [0, 0.05) is 30.9 Å². The highest BCUT2D eigenvalue weighted by molar-refractivity contribution is 5.96. The van der Waals surface area contributed by atoms with Gasteiger partial charge in [0.15, 0.2) is 0 Å². The lowest BCUT2D eigenvalue weighted by molar-refractivity contribution is -0.142. The summed E-state index contributed by atoms with van der Waals surface area (Å²) in [5, 5.41) is 9.42. The van der Waals surface area contributed by atoms with E-state index in [2.05, 4.69) is 4.98 Å². The molecule has 0 fully saturated rings. The van der Waals surface area contributed by atoms with Crippen molar-refractivity contribution in [2.75, 3.05) is 0 Å². The van der Waals surface area contributed by atoms with Gasteiger partial charge in [-0.1, -0.05) is 24.3 Å². The fourth-order valence-electron chi connectivity index (χ4n) is 2.62. The van der Waals surface area contributed by atoms with Crippen molar-refractivity contribution in [2.24, 2.45) is 0 Å². The van der Waals surface area contributed by atoms with Crippen LogP contribution in [0.2, 0.25) is 0 Å². The van der Waals surface area contributed by atoms with E-state index in [0.717, 1.165) is 11.1 Å². The van der Waals surface area contributed by atoms with E-state index in [9.17, 15) is 14.7 Å². The second kappa shape index (κ2) is 5.36. The van der Waals surface area contributed by atoms with Gasteiger partial charge in [0.25, 0.3) is 5.91 Å². The summed E-state index contributed by atoms with van der Waals surface area (Å²) in [5.74, 6) is -1.26. The molecule has 1 atom stereocenters. The number of fused-ring (bicyclic) bond motifs is 1. The average Bonchev–Trinajstić information content (AvgIpc) is 2.53. The Morgan fingerprint density at radius 3 is 2.43 bits per heavy atom. The molecule has 1 aliphatic heterocycles. The van der Waals surface area contributed by atoms with Crippen molar-refractivity contribution >= 4 is 11.9 Å². The number of hydrogen-bond acceptors (Lipinski definition) is 3. The minimum Gasteiger partial charge on any atom is -0.480 e. The summed E-state index contributed by atoms with van der Waals surface area (Å²) in [5.41, 5.74) is 2.44. The lowest BCUT2D eigenvalue weighted by Gasteiger charge is -2.34. The van der Waals surface area contributed by atoms with Crippen molar-refractivity contribution in [1.29, 1.82) is 0 Å². The molecule has 2 aromatic rings. The third-order valence-corrected chi connectivity index (χ3v) is 3.72. The molecular weight excluding hydrogens is 268 g/mol. The maximum Gasteiger partial charge on any atom is 0.326 e. The molecule has 21 heavy (non-hydrogen) atoms. The van der Waals surface area contributed by atoms with Gasteiger partial charge in [-0.3, -0.25) is 9.78 Å². The number of amides is 1. The van der Waals surface area contributed by atoms with Crippen molar-refractivity contribution in [3.05, 3.63) is 65.5 Å². The number of nitrogens with zero attached hydrogens (tertiary/aromatic N) is 2. The predicted octanol–water partition coefficient (Wildman–Crippen LogP) is 1.73. The van der Waals surface area contributed by atoms with Crippen LogP contribution in [0.15, 0.2) is 48.8 Å². The van der Waals surface area contributed by atoms with Crippen molar-refractivity contribution in [3.8, 4) is 0 Å². The lowest BCUT2D eigenvalue weighted by atomic mass is 9.93. The molecule has 0 spiro atoms. The summed E-state index contributed by atoms with van der Waals surface area (Å²) in [7, 11) is 0. The van der Waals surface area contributed by atoms with Crippen LogP contribution in [0.4, 0.5) is 0 Å². The van der Waals surface area contributed by atoms with Gasteiger partial charge in [-0.15, -0.1) is 0 Å². The summed E-state index contributed by atoms with van der Waals surface area (Å²) in [4.78, 5) is 29.4. The molecule has 5 heteroatoms. The molecule has 1 aromatic carbocycles. The largest absolute Gasteiger partial charge is 0.480 e. The Labute approximate surface area is 121 Å². The molecule has 2 heterocycles. The van der Waals surface area contributed by atoms with Crippen molar-refractivity contribution in [3.63, 3.8) is 0 Å². The molecule has 106 valence electrons. The number of hydrogen-bond donors (Lipinski definition) is 1. The predicted molar refractivity (Wildman–Crippen MR) is 75.7 cm³/mol. The van der Waals surface area contributed by atoms with Crippen LogP contribution in [-0.4, -0.2) is 32.9 Å². The highest BCUT2D eigenvalue weighted by Gasteiger charge is 2.34. The molecule has 5 nitrogen and oxygen atoms in total. The summed E-state index contributed by atoms with van der Waals surface area (Å²) in [6, 6.07) is 10.00. The smallest absolute Gasteiger partial charge is 0.326 e. The number of carbonyl (C=O) groups excluding carboxylic acids is 1. The minimum absolute atomic E-state index is 0.278. The number of aromatic nitrogens is 1. The van der Waals surface area contributed by atoms with E-state index in [-0.39, 0.29) is 5.91 Å². The molecule has 0 unspecified atom stereocenters. The Morgan fingerprint density at radius 2 is 1.76 bits per heavy atom. The van der Waals surface area contributed by atoms with Crippen molar-refractivity contribution < 1.29 is 14.7 Å². The van der Waals surface area contributed by atoms with E-state index in [0.29, 0.717) is 18.5 Å². The third kappa shape index (κ3) is 2.50. The molecule has 1 N–H and O–H groups in total. The van der Waals surface area contributed by atoms with Gasteiger partial charge in [0.1, 0.15) is 6.04 Å². The van der Waals surface area contributed by atoms with Gasteiger partial charge in [0.05, 0.1) is 0 Å². The molecule has 0 aliphatic carbocycles.